The number of para-hydroxylation sites is 1. The van der Waals surface area contributed by atoms with Crippen LogP contribution in [0.3, 0.4) is 0 Å². The number of ether oxygens (including phenoxy) is 1. The fourth-order valence-electron chi connectivity index (χ4n) is 3.20. The van der Waals surface area contributed by atoms with Crippen LogP contribution in [0.2, 0.25) is 0 Å². The lowest BCUT2D eigenvalue weighted by Crippen LogP contribution is -2.24. The van der Waals surface area contributed by atoms with E-state index in [-0.39, 0.29) is 29.1 Å². The van der Waals surface area contributed by atoms with Crippen molar-refractivity contribution in [3.63, 3.8) is 0 Å². The summed E-state index contributed by atoms with van der Waals surface area (Å²) in [6.07, 6.45) is 1.19. The van der Waals surface area contributed by atoms with Crippen LogP contribution < -0.4 is 10.9 Å². The average Bonchev–Trinajstić information content (AvgIpc) is 2.81. The van der Waals surface area contributed by atoms with Crippen molar-refractivity contribution in [1.82, 2.24) is 9.55 Å². The Balaban J connectivity index is 1.75. The lowest BCUT2D eigenvalue weighted by molar-refractivity contribution is -0.115. The van der Waals surface area contributed by atoms with Gasteiger partial charge in [-0.15, -0.1) is 0 Å². The van der Waals surface area contributed by atoms with Gasteiger partial charge in [-0.1, -0.05) is 30.8 Å². The molecule has 7 nitrogen and oxygen atoms in total. The monoisotopic (exact) mass is 467 g/mol. The first kappa shape index (κ1) is 24.7. The number of Topliss-reactive ketones (excluding diaryl/α,β-unsaturated/α-hetero) is 1. The summed E-state index contributed by atoms with van der Waals surface area (Å²) in [4.78, 5) is 42.0. The quantitative estimate of drug-likeness (QED) is 0.193. The van der Waals surface area contributed by atoms with Crippen LogP contribution in [0.15, 0.2) is 58.5 Å². The smallest absolute Gasteiger partial charge is 0.262 e. The Hall–Kier alpha value is -2.97. The minimum Gasteiger partial charge on any atom is -0.379 e. The van der Waals surface area contributed by atoms with Crippen molar-refractivity contribution in [2.45, 2.75) is 51.4 Å². The molecule has 0 aliphatic carbocycles. The molecular weight excluding hydrogens is 438 g/mol. The number of ketones is 1. The summed E-state index contributed by atoms with van der Waals surface area (Å²) >= 11 is 1.25. The van der Waals surface area contributed by atoms with Crippen LogP contribution in [0.25, 0.3) is 10.9 Å². The second-order valence-corrected chi connectivity index (χ2v) is 8.77. The van der Waals surface area contributed by atoms with Gasteiger partial charge in [0.2, 0.25) is 5.91 Å². The van der Waals surface area contributed by atoms with Crippen LogP contribution in [0.5, 0.6) is 0 Å². The van der Waals surface area contributed by atoms with Crippen molar-refractivity contribution in [3.05, 3.63) is 64.4 Å². The maximum absolute atomic E-state index is 13.1. The number of thioether (sulfide) groups is 1. The molecule has 2 aromatic carbocycles. The number of hydrogen-bond donors (Lipinski definition) is 1. The summed E-state index contributed by atoms with van der Waals surface area (Å²) in [7, 11) is 0. The normalized spacial score (nSPS) is 11.2. The van der Waals surface area contributed by atoms with E-state index in [9.17, 15) is 14.4 Å². The number of nitrogens with one attached hydrogen (secondary N) is 1. The van der Waals surface area contributed by atoms with Crippen molar-refractivity contribution < 1.29 is 14.3 Å². The van der Waals surface area contributed by atoms with Crippen LogP contribution in [-0.2, 0) is 16.1 Å². The van der Waals surface area contributed by atoms with E-state index in [4.69, 9.17) is 4.74 Å². The summed E-state index contributed by atoms with van der Waals surface area (Å²) in [6, 6.07) is 14.0. The number of carbonyl (C=O) groups excluding carboxylic acids is 2. The molecule has 1 heterocycles. The Bertz CT molecular complexity index is 1170. The Morgan fingerprint density at radius 1 is 1.12 bits per heavy atom. The standard InChI is InChI=1S/C25H29N3O4S/c1-4-23(30)26-19-12-10-18(11-13-19)22(29)16-33-25-27-21-9-6-5-8-20(21)24(31)28(25)14-7-15-32-17(2)3/h5-6,8-13,17H,4,7,14-16H2,1-3H3,(H,26,30). The van der Waals surface area contributed by atoms with Crippen molar-refractivity contribution in [2.24, 2.45) is 0 Å². The lowest BCUT2D eigenvalue weighted by Gasteiger charge is -2.14. The van der Waals surface area contributed by atoms with Gasteiger partial charge in [-0.3, -0.25) is 19.0 Å². The van der Waals surface area contributed by atoms with Crippen LogP contribution in [0.1, 0.15) is 44.0 Å². The maximum atomic E-state index is 13.1. The molecular formula is C25H29N3O4S. The number of benzene rings is 2. The van der Waals surface area contributed by atoms with Crippen molar-refractivity contribution in [2.75, 3.05) is 17.7 Å². The number of amides is 1. The van der Waals surface area contributed by atoms with Crippen LogP contribution in [0, 0.1) is 0 Å². The molecule has 8 heteroatoms. The van der Waals surface area contributed by atoms with Gasteiger partial charge in [-0.2, -0.15) is 0 Å². The minimum atomic E-state index is -0.115. The fraction of sp³-hybridized carbons (Fsp3) is 0.360. The molecule has 1 aromatic heterocycles. The molecule has 3 rings (SSSR count). The van der Waals surface area contributed by atoms with E-state index < -0.39 is 0 Å². The number of aromatic nitrogens is 2. The summed E-state index contributed by atoms with van der Waals surface area (Å²) in [5.74, 6) is -0.0113. The highest BCUT2D eigenvalue weighted by molar-refractivity contribution is 7.99. The van der Waals surface area contributed by atoms with Gasteiger partial charge in [-0.25, -0.2) is 4.98 Å². The van der Waals surface area contributed by atoms with Crippen molar-refractivity contribution >= 4 is 40.0 Å². The van der Waals surface area contributed by atoms with Crippen molar-refractivity contribution in [1.29, 1.82) is 0 Å². The third kappa shape index (κ3) is 6.76. The number of rotatable bonds is 11. The van der Waals surface area contributed by atoms with Crippen molar-refractivity contribution in [3.8, 4) is 0 Å². The molecule has 0 saturated heterocycles. The molecule has 1 amide bonds. The molecule has 0 aliphatic heterocycles. The number of hydrogen-bond acceptors (Lipinski definition) is 6. The van der Waals surface area contributed by atoms with Gasteiger partial charge in [0.15, 0.2) is 10.9 Å². The average molecular weight is 468 g/mol. The molecule has 0 saturated carbocycles. The first-order valence-electron chi connectivity index (χ1n) is 11.1. The van der Waals surface area contributed by atoms with Gasteiger partial charge in [0, 0.05) is 30.8 Å². The fourth-order valence-corrected chi connectivity index (χ4v) is 4.12. The maximum Gasteiger partial charge on any atom is 0.262 e. The Kier molecular flexibility index (Phi) is 8.79. The van der Waals surface area contributed by atoms with Crippen LogP contribution >= 0.6 is 11.8 Å². The van der Waals surface area contributed by atoms with Gasteiger partial charge in [0.05, 0.1) is 22.8 Å². The summed E-state index contributed by atoms with van der Waals surface area (Å²) in [5, 5.41) is 3.84. The molecule has 0 aliphatic rings. The first-order valence-corrected chi connectivity index (χ1v) is 12.0. The topological polar surface area (TPSA) is 90.3 Å². The molecule has 0 spiro atoms. The zero-order chi connectivity index (χ0) is 23.8. The highest BCUT2D eigenvalue weighted by atomic mass is 32.2. The molecule has 0 radical (unpaired) electrons. The van der Waals surface area contributed by atoms with E-state index in [1.165, 1.54) is 11.8 Å². The van der Waals surface area contributed by atoms with E-state index >= 15 is 0 Å². The van der Waals surface area contributed by atoms with E-state index in [0.717, 1.165) is 0 Å². The molecule has 0 fully saturated rings. The number of carbonyl (C=O) groups is 2. The second kappa shape index (κ2) is 11.8. The largest absolute Gasteiger partial charge is 0.379 e. The van der Waals surface area contributed by atoms with Crippen LogP contribution in [0.4, 0.5) is 5.69 Å². The predicted molar refractivity (Wildman–Crippen MR) is 132 cm³/mol. The van der Waals surface area contributed by atoms with E-state index in [1.807, 2.05) is 26.0 Å². The third-order valence-electron chi connectivity index (χ3n) is 4.95. The van der Waals surface area contributed by atoms with Gasteiger partial charge < -0.3 is 10.1 Å². The van der Waals surface area contributed by atoms with E-state index in [1.54, 1.807) is 47.9 Å². The Labute approximate surface area is 197 Å². The third-order valence-corrected chi connectivity index (χ3v) is 5.92. The molecule has 0 atom stereocenters. The van der Waals surface area contributed by atoms with E-state index in [0.29, 0.717) is 53.3 Å². The molecule has 3 aromatic rings. The van der Waals surface area contributed by atoms with Gasteiger partial charge >= 0.3 is 0 Å². The predicted octanol–water partition coefficient (Wildman–Crippen LogP) is 4.54. The summed E-state index contributed by atoms with van der Waals surface area (Å²) < 4.78 is 7.24. The molecule has 0 unspecified atom stereocenters. The molecule has 1 N–H and O–H groups in total. The molecule has 174 valence electrons. The number of nitrogens with zero attached hydrogens (tertiary/aromatic N) is 2. The minimum absolute atomic E-state index is 0.0783. The Morgan fingerprint density at radius 3 is 2.55 bits per heavy atom. The highest BCUT2D eigenvalue weighted by Crippen LogP contribution is 2.20. The summed E-state index contributed by atoms with van der Waals surface area (Å²) in [5.41, 5.74) is 1.69. The Morgan fingerprint density at radius 2 is 1.85 bits per heavy atom. The highest BCUT2D eigenvalue weighted by Gasteiger charge is 2.14. The first-order chi connectivity index (χ1) is 15.9. The zero-order valence-corrected chi connectivity index (χ0v) is 20.0. The van der Waals surface area contributed by atoms with Crippen LogP contribution in [-0.4, -0.2) is 39.7 Å². The SMILES string of the molecule is CCC(=O)Nc1ccc(C(=O)CSc2nc3ccccc3c(=O)n2CCCOC(C)C)cc1. The van der Waals surface area contributed by atoms with Gasteiger partial charge in [-0.05, 0) is 56.7 Å². The second-order valence-electron chi connectivity index (χ2n) is 7.83. The number of anilines is 1. The zero-order valence-electron chi connectivity index (χ0n) is 19.2. The molecule has 0 bridgehead atoms. The van der Waals surface area contributed by atoms with E-state index in [2.05, 4.69) is 10.3 Å². The molecule has 33 heavy (non-hydrogen) atoms. The summed E-state index contributed by atoms with van der Waals surface area (Å²) in [6.45, 7) is 6.73. The number of fused-ring (bicyclic) bond motifs is 1. The lowest BCUT2D eigenvalue weighted by atomic mass is 10.1. The van der Waals surface area contributed by atoms with Gasteiger partial charge in [0.1, 0.15) is 0 Å². The van der Waals surface area contributed by atoms with Gasteiger partial charge in [0.25, 0.3) is 5.56 Å².